The molecule has 1 N–H and O–H groups in total. The van der Waals surface area contributed by atoms with Gasteiger partial charge in [0.25, 0.3) is 5.97 Å². The normalized spacial score (nSPS) is 10.7. The topological polar surface area (TPSA) is 192 Å². The molecule has 0 aromatic heterocycles. The fourth-order valence-electron chi connectivity index (χ4n) is 9.65. The Morgan fingerprint density at radius 3 is 1.22 bits per heavy atom. The number of benzene rings is 8. The number of ether oxygens (including phenoxy) is 5. The molecule has 0 aliphatic rings. The van der Waals surface area contributed by atoms with Crippen LogP contribution >= 0.6 is 24.0 Å². The van der Waals surface area contributed by atoms with Gasteiger partial charge in [-0.1, -0.05) is 104 Å². The number of aldehydes is 1. The summed E-state index contributed by atoms with van der Waals surface area (Å²) in [5.74, 6) is -1.62. The Morgan fingerprint density at radius 2 is 0.835 bits per heavy atom. The summed E-state index contributed by atoms with van der Waals surface area (Å²) in [4.78, 5) is 85.7. The van der Waals surface area contributed by atoms with Crippen LogP contribution in [0.3, 0.4) is 0 Å². The standard InChI is InChI=1S/C30H32FNO4.C26H25FO4.C9H10O2.C8H7FO.C3H8N.C2H4O2.HI/c1-19-25(14-9-15-27(19)31)28(20(2)29(33)21-10-7-12-23(16-21)35-5)26(18-32(3)4)30(34)22-11-8-13-24(17-22)36-6;1-17-23(11-6-12-24(17)27)20(15-25(28)18-7-4-9-21(13-18)30-2)16-26(29)19-8-5-10-22(14-19)31-3;1-7(10)8-4-3-5-9(6-8)11-2;1-6-7(5-10)3-2-4-8(6)9;1-4(2)3;1-2(3)4;/h7-17,26,28H,2,18H2,1,3-6H3;4-14,20H,15-16H2,1-3H3;3-6H,1-2H3;2-5H,1H3;1H2,2-3H3;1H3,(H,3,4);1H/q;;;;+1;;. The Kier molecular flexibility index (Phi) is 36.5. The van der Waals surface area contributed by atoms with E-state index in [-0.39, 0.29) is 82.9 Å². The van der Waals surface area contributed by atoms with Crippen molar-refractivity contribution >= 4 is 71.9 Å². The van der Waals surface area contributed by atoms with E-state index in [9.17, 15) is 41.9 Å². The van der Waals surface area contributed by atoms with Crippen LogP contribution in [0.2, 0.25) is 0 Å². The first kappa shape index (κ1) is 83.2. The van der Waals surface area contributed by atoms with Crippen LogP contribution < -0.4 is 23.7 Å². The van der Waals surface area contributed by atoms with Crippen molar-refractivity contribution in [3.63, 3.8) is 0 Å². The van der Waals surface area contributed by atoms with Gasteiger partial charge in [-0.05, 0) is 154 Å². The molecule has 0 fully saturated rings. The molecule has 0 spiro atoms. The number of aliphatic carboxylic acids is 1. The molecule has 15 nitrogen and oxygen atoms in total. The smallest absolute Gasteiger partial charge is 0.300 e. The zero-order chi connectivity index (χ0) is 71.8. The molecule has 19 heteroatoms. The number of nitrogens with zero attached hydrogens (tertiary/aromatic N) is 2. The van der Waals surface area contributed by atoms with Crippen molar-refractivity contribution in [3.8, 4) is 28.7 Å². The van der Waals surface area contributed by atoms with Crippen LogP contribution in [-0.2, 0) is 4.79 Å². The number of hydrogen-bond donors (Lipinski definition) is 1. The second kappa shape index (κ2) is 42.5. The summed E-state index contributed by atoms with van der Waals surface area (Å²) in [6, 6.07) is 48.5. The van der Waals surface area contributed by atoms with Crippen LogP contribution in [0.25, 0.3) is 0 Å². The Hall–Kier alpha value is -9.86. The molecule has 0 aliphatic carbocycles. The molecular formula is C78H87F3IN2O13+. The Labute approximate surface area is 584 Å². The quantitative estimate of drug-likeness (QED) is 0.0159. The molecule has 0 bridgehead atoms. The maximum Gasteiger partial charge on any atom is 0.300 e. The van der Waals surface area contributed by atoms with E-state index in [2.05, 4.69) is 13.3 Å². The lowest BCUT2D eigenvalue weighted by atomic mass is 9.73. The molecule has 514 valence electrons. The molecule has 8 rings (SSSR count). The van der Waals surface area contributed by atoms with E-state index in [0.717, 1.165) is 12.7 Å². The number of halogens is 4. The first-order chi connectivity index (χ1) is 45.5. The molecule has 2 unspecified atom stereocenters. The third kappa shape index (κ3) is 27.1. The largest absolute Gasteiger partial charge is 0.497 e. The number of rotatable bonds is 23. The molecule has 0 saturated carbocycles. The number of methoxy groups -OCH3 is 5. The highest BCUT2D eigenvalue weighted by Gasteiger charge is 2.37. The predicted octanol–water partition coefficient (Wildman–Crippen LogP) is 16.0. The van der Waals surface area contributed by atoms with Gasteiger partial charge in [-0.15, -0.1) is 24.0 Å². The van der Waals surface area contributed by atoms with Gasteiger partial charge in [-0.25, -0.2) is 17.7 Å². The van der Waals surface area contributed by atoms with Gasteiger partial charge in [0.1, 0.15) is 73.3 Å². The van der Waals surface area contributed by atoms with E-state index in [1.165, 1.54) is 59.6 Å². The second-order valence-corrected chi connectivity index (χ2v) is 22.3. The van der Waals surface area contributed by atoms with E-state index >= 15 is 0 Å². The Balaban J connectivity index is 0.000000467. The van der Waals surface area contributed by atoms with Gasteiger partial charge >= 0.3 is 0 Å². The van der Waals surface area contributed by atoms with Gasteiger partial charge in [0, 0.05) is 77.1 Å². The van der Waals surface area contributed by atoms with Crippen LogP contribution in [0.4, 0.5) is 13.2 Å². The minimum absolute atomic E-state index is 0. The highest BCUT2D eigenvalue weighted by Crippen LogP contribution is 2.39. The molecule has 2 atom stereocenters. The molecule has 0 radical (unpaired) electrons. The zero-order valence-corrected chi connectivity index (χ0v) is 59.7. The lowest BCUT2D eigenvalue weighted by Crippen LogP contribution is -2.35. The number of allylic oxidation sites excluding steroid dienone is 1. The van der Waals surface area contributed by atoms with Gasteiger partial charge < -0.3 is 33.7 Å². The van der Waals surface area contributed by atoms with E-state index in [1.807, 2.05) is 39.2 Å². The highest BCUT2D eigenvalue weighted by atomic mass is 127. The fraction of sp³-hybridized carbons (Fsp3) is 0.256. The van der Waals surface area contributed by atoms with Crippen LogP contribution in [0.15, 0.2) is 188 Å². The minimum atomic E-state index is -0.833. The average molecular weight is 1440 g/mol. The molecule has 8 aromatic carbocycles. The summed E-state index contributed by atoms with van der Waals surface area (Å²) in [5, 5.41) is 7.42. The van der Waals surface area contributed by atoms with Gasteiger partial charge in [-0.3, -0.25) is 33.6 Å². The predicted molar refractivity (Wildman–Crippen MR) is 385 cm³/mol. The van der Waals surface area contributed by atoms with Crippen molar-refractivity contribution in [3.05, 3.63) is 267 Å². The van der Waals surface area contributed by atoms with E-state index in [4.69, 9.17) is 33.6 Å². The van der Waals surface area contributed by atoms with Crippen LogP contribution in [-0.4, -0.2) is 133 Å². The van der Waals surface area contributed by atoms with Crippen molar-refractivity contribution in [1.82, 2.24) is 4.90 Å². The molecule has 97 heavy (non-hydrogen) atoms. The van der Waals surface area contributed by atoms with E-state index < -0.39 is 29.5 Å². The maximum absolute atomic E-state index is 14.7. The van der Waals surface area contributed by atoms with Crippen molar-refractivity contribution in [2.45, 2.75) is 59.3 Å². The summed E-state index contributed by atoms with van der Waals surface area (Å²) in [6.45, 7) is 15.5. The number of carbonyl (C=O) groups excluding carboxylic acids is 6. The summed E-state index contributed by atoms with van der Waals surface area (Å²) in [7, 11) is 15.2. The van der Waals surface area contributed by atoms with Crippen LogP contribution in [0.1, 0.15) is 128 Å². The first-order valence-electron chi connectivity index (χ1n) is 30.1. The highest BCUT2D eigenvalue weighted by molar-refractivity contribution is 14.0. The van der Waals surface area contributed by atoms with Crippen LogP contribution in [0.5, 0.6) is 28.7 Å². The number of carboxylic acids is 1. The number of carbonyl (C=O) groups is 7. The number of Topliss-reactive ketones (excluding diaryl/α,β-unsaturated/α-hetero) is 5. The SMILES string of the molecule is C=C(C(=O)c1cccc(OC)c1)C(c1cccc(F)c1C)C(CN(C)C)C(=O)c1cccc(OC)c1.C=[N+](C)C.CC(=O)O.COc1cccc(C(=O)CC(CC(=O)c2cccc(OC)c2)c2cccc(F)c2C)c1.COc1cccc(C(C)=O)c1.Cc1c(F)cccc1C=O.I. The lowest BCUT2D eigenvalue weighted by molar-refractivity contribution is -0.454. The fourth-order valence-corrected chi connectivity index (χ4v) is 9.65. The number of carboxylic acid groups (broad SMARTS) is 1. The van der Waals surface area contributed by atoms with E-state index in [1.54, 1.807) is 178 Å². The molecule has 0 amide bonds. The maximum atomic E-state index is 14.7. The third-order valence-electron chi connectivity index (χ3n) is 14.6. The van der Waals surface area contributed by atoms with E-state index in [0.29, 0.717) is 97.0 Å². The Bertz CT molecular complexity index is 3900. The first-order valence-corrected chi connectivity index (χ1v) is 30.1. The third-order valence-corrected chi connectivity index (χ3v) is 14.6. The minimum Gasteiger partial charge on any atom is -0.497 e. The zero-order valence-electron chi connectivity index (χ0n) is 57.4. The van der Waals surface area contributed by atoms with Gasteiger partial charge in [0.05, 0.1) is 35.5 Å². The number of ketones is 5. The Morgan fingerprint density at radius 1 is 0.515 bits per heavy atom. The number of hydrogen-bond acceptors (Lipinski definition) is 13. The van der Waals surface area contributed by atoms with Gasteiger partial charge in [-0.2, -0.15) is 0 Å². The molecule has 8 aromatic rings. The van der Waals surface area contributed by atoms with Crippen molar-refractivity contribution in [2.24, 2.45) is 5.92 Å². The second-order valence-electron chi connectivity index (χ2n) is 22.3. The van der Waals surface area contributed by atoms with Gasteiger partial charge in [0.2, 0.25) is 0 Å². The van der Waals surface area contributed by atoms with Crippen LogP contribution in [0, 0.1) is 44.1 Å². The molecule has 0 aliphatic heterocycles. The monoisotopic (exact) mass is 1440 g/mol. The van der Waals surface area contributed by atoms with Crippen molar-refractivity contribution in [1.29, 1.82) is 0 Å². The molecule has 0 heterocycles. The van der Waals surface area contributed by atoms with Crippen molar-refractivity contribution < 1.29 is 80.1 Å². The summed E-state index contributed by atoms with van der Waals surface area (Å²) in [5.41, 5.74) is 5.58. The van der Waals surface area contributed by atoms with Crippen molar-refractivity contribution in [2.75, 3.05) is 70.3 Å². The summed E-state index contributed by atoms with van der Waals surface area (Å²) in [6.07, 6.45) is 0.804. The molecule has 0 saturated heterocycles. The lowest BCUT2D eigenvalue weighted by Gasteiger charge is -2.31. The summed E-state index contributed by atoms with van der Waals surface area (Å²) < 4.78 is 69.3. The van der Waals surface area contributed by atoms with Gasteiger partial charge in [0.15, 0.2) is 28.9 Å². The summed E-state index contributed by atoms with van der Waals surface area (Å²) >= 11 is 0. The molecular weight excluding hydrogens is 1360 g/mol. The average Bonchev–Trinajstić information content (AvgIpc) is 0.787.